The van der Waals surface area contributed by atoms with Crippen LogP contribution in [-0.4, -0.2) is 25.6 Å². The molecule has 0 aliphatic heterocycles. The van der Waals surface area contributed by atoms with Gasteiger partial charge in [0.25, 0.3) is 5.91 Å². The van der Waals surface area contributed by atoms with E-state index in [-0.39, 0.29) is 12.5 Å². The Morgan fingerprint density at radius 2 is 1.47 bits per heavy atom. The molecule has 0 radical (unpaired) electrons. The average Bonchev–Trinajstić information content (AvgIpc) is 2.81. The Hall–Kier alpha value is -3.11. The van der Waals surface area contributed by atoms with Crippen molar-refractivity contribution in [2.45, 2.75) is 26.9 Å². The zero-order valence-corrected chi connectivity index (χ0v) is 17.9. The molecule has 2 N–H and O–H groups in total. The van der Waals surface area contributed by atoms with Gasteiger partial charge in [0.2, 0.25) is 0 Å². The molecule has 0 atom stereocenters. The van der Waals surface area contributed by atoms with Crippen molar-refractivity contribution in [3.8, 4) is 16.9 Å². The highest BCUT2D eigenvalue weighted by molar-refractivity contribution is 5.78. The first-order chi connectivity index (χ1) is 14.7. The van der Waals surface area contributed by atoms with Crippen LogP contribution in [0.15, 0.2) is 78.9 Å². The maximum atomic E-state index is 12.3. The fourth-order valence-corrected chi connectivity index (χ4v) is 3.41. The molecule has 0 aromatic heterocycles. The molecule has 4 nitrogen and oxygen atoms in total. The Bertz CT molecular complexity index is 919. The van der Waals surface area contributed by atoms with E-state index in [1.807, 2.05) is 54.6 Å². The highest BCUT2D eigenvalue weighted by Gasteiger charge is 2.09. The molecule has 0 fully saturated rings. The third-order valence-corrected chi connectivity index (χ3v) is 5.30. The molecule has 0 aliphatic carbocycles. The highest BCUT2D eigenvalue weighted by atomic mass is 16.5. The van der Waals surface area contributed by atoms with Gasteiger partial charge >= 0.3 is 0 Å². The lowest BCUT2D eigenvalue weighted by molar-refractivity contribution is -0.910. The fraction of sp³-hybridized carbons (Fsp3) is 0.269. The number of amides is 1. The zero-order valence-electron chi connectivity index (χ0n) is 17.9. The lowest BCUT2D eigenvalue weighted by atomic mass is 10.1. The van der Waals surface area contributed by atoms with Crippen molar-refractivity contribution in [2.24, 2.45) is 0 Å². The summed E-state index contributed by atoms with van der Waals surface area (Å²) in [6.45, 7) is 8.21. The summed E-state index contributed by atoms with van der Waals surface area (Å²) in [6.07, 6.45) is 0. The van der Waals surface area contributed by atoms with Gasteiger partial charge in [-0.15, -0.1) is 0 Å². The van der Waals surface area contributed by atoms with Crippen LogP contribution >= 0.6 is 0 Å². The average molecular weight is 404 g/mol. The molecule has 0 bridgehead atoms. The Morgan fingerprint density at radius 3 is 2.17 bits per heavy atom. The Kier molecular flexibility index (Phi) is 8.04. The van der Waals surface area contributed by atoms with Crippen LogP contribution in [0.4, 0.5) is 0 Å². The minimum atomic E-state index is -0.130. The monoisotopic (exact) mass is 403 g/mol. The number of carbonyl (C=O) groups excluding carboxylic acids is 1. The number of benzene rings is 3. The molecule has 3 aromatic rings. The molecule has 0 unspecified atom stereocenters. The van der Waals surface area contributed by atoms with E-state index in [9.17, 15) is 4.79 Å². The van der Waals surface area contributed by atoms with Gasteiger partial charge < -0.3 is 15.0 Å². The van der Waals surface area contributed by atoms with E-state index >= 15 is 0 Å². The second-order valence-electron chi connectivity index (χ2n) is 7.38. The molecule has 0 spiro atoms. The van der Waals surface area contributed by atoms with E-state index in [0.717, 1.165) is 36.3 Å². The van der Waals surface area contributed by atoms with E-state index < -0.39 is 0 Å². The summed E-state index contributed by atoms with van der Waals surface area (Å²) in [7, 11) is 0. The third-order valence-electron chi connectivity index (χ3n) is 5.30. The maximum Gasteiger partial charge on any atom is 0.258 e. The number of hydrogen-bond acceptors (Lipinski definition) is 2. The summed E-state index contributed by atoms with van der Waals surface area (Å²) in [5, 5.41) is 2.94. The summed E-state index contributed by atoms with van der Waals surface area (Å²) in [6, 6.07) is 26.3. The SMILES string of the molecule is CC[NH+](CC)Cc1ccc(CNC(=O)COc2ccccc2-c2ccccc2)cc1. The molecule has 3 rings (SSSR count). The van der Waals surface area contributed by atoms with Crippen LogP contribution in [0.1, 0.15) is 25.0 Å². The zero-order chi connectivity index (χ0) is 21.2. The minimum Gasteiger partial charge on any atom is -0.483 e. The summed E-state index contributed by atoms with van der Waals surface area (Å²) >= 11 is 0. The second kappa shape index (κ2) is 11.2. The predicted octanol–water partition coefficient (Wildman–Crippen LogP) is 3.47. The minimum absolute atomic E-state index is 0.00670. The molecule has 0 saturated heterocycles. The molecule has 30 heavy (non-hydrogen) atoms. The van der Waals surface area contributed by atoms with Gasteiger partial charge in [0.15, 0.2) is 6.61 Å². The van der Waals surface area contributed by atoms with Gasteiger partial charge in [-0.1, -0.05) is 72.8 Å². The van der Waals surface area contributed by atoms with Crippen LogP contribution in [0.2, 0.25) is 0 Å². The van der Waals surface area contributed by atoms with Gasteiger partial charge in [-0.3, -0.25) is 4.79 Å². The molecule has 3 aromatic carbocycles. The first-order valence-electron chi connectivity index (χ1n) is 10.6. The first kappa shape index (κ1) is 21.6. The van der Waals surface area contributed by atoms with Gasteiger partial charge in [0, 0.05) is 17.7 Å². The van der Waals surface area contributed by atoms with Crippen LogP contribution in [-0.2, 0) is 17.9 Å². The maximum absolute atomic E-state index is 12.3. The third kappa shape index (κ3) is 6.19. The summed E-state index contributed by atoms with van der Waals surface area (Å²) < 4.78 is 5.81. The van der Waals surface area contributed by atoms with Crippen LogP contribution in [0, 0.1) is 0 Å². The number of ether oxygens (including phenoxy) is 1. The number of quaternary nitrogens is 1. The normalized spacial score (nSPS) is 10.8. The van der Waals surface area contributed by atoms with Gasteiger partial charge in [-0.2, -0.15) is 0 Å². The van der Waals surface area contributed by atoms with Crippen LogP contribution in [0.3, 0.4) is 0 Å². The number of carbonyl (C=O) groups is 1. The van der Waals surface area contributed by atoms with E-state index in [0.29, 0.717) is 12.3 Å². The van der Waals surface area contributed by atoms with Crippen molar-refractivity contribution in [3.63, 3.8) is 0 Å². The topological polar surface area (TPSA) is 42.8 Å². The predicted molar refractivity (Wildman–Crippen MR) is 121 cm³/mol. The van der Waals surface area contributed by atoms with Gasteiger partial charge in [-0.05, 0) is 31.0 Å². The molecular formula is C26H31N2O2+. The molecule has 156 valence electrons. The van der Waals surface area contributed by atoms with Gasteiger partial charge in [0.1, 0.15) is 12.3 Å². The van der Waals surface area contributed by atoms with Crippen molar-refractivity contribution in [3.05, 3.63) is 90.0 Å². The fourth-order valence-electron chi connectivity index (χ4n) is 3.41. The second-order valence-corrected chi connectivity index (χ2v) is 7.38. The van der Waals surface area contributed by atoms with Crippen LogP contribution in [0.5, 0.6) is 5.75 Å². The van der Waals surface area contributed by atoms with Crippen molar-refractivity contribution in [1.82, 2.24) is 5.32 Å². The number of rotatable bonds is 10. The van der Waals surface area contributed by atoms with E-state index in [1.54, 1.807) is 4.90 Å². The number of nitrogens with one attached hydrogen (secondary N) is 2. The first-order valence-corrected chi connectivity index (χ1v) is 10.6. The van der Waals surface area contributed by atoms with E-state index in [1.165, 1.54) is 5.56 Å². The molecule has 0 aliphatic rings. The van der Waals surface area contributed by atoms with E-state index in [2.05, 4.69) is 43.4 Å². The van der Waals surface area contributed by atoms with Crippen molar-refractivity contribution < 1.29 is 14.4 Å². The Morgan fingerprint density at radius 1 is 0.833 bits per heavy atom. The smallest absolute Gasteiger partial charge is 0.258 e. The summed E-state index contributed by atoms with van der Waals surface area (Å²) in [5.41, 5.74) is 4.47. The van der Waals surface area contributed by atoms with E-state index in [4.69, 9.17) is 4.74 Å². The lowest BCUT2D eigenvalue weighted by Crippen LogP contribution is -3.10. The quantitative estimate of drug-likeness (QED) is 0.544. The largest absolute Gasteiger partial charge is 0.483 e. The Labute approximate surface area is 179 Å². The lowest BCUT2D eigenvalue weighted by Gasteiger charge is -2.15. The molecule has 0 saturated carbocycles. The summed E-state index contributed by atoms with van der Waals surface area (Å²) in [4.78, 5) is 13.8. The van der Waals surface area contributed by atoms with Crippen molar-refractivity contribution in [2.75, 3.05) is 19.7 Å². The van der Waals surface area contributed by atoms with Gasteiger partial charge in [-0.25, -0.2) is 0 Å². The summed E-state index contributed by atoms with van der Waals surface area (Å²) in [5.74, 6) is 0.580. The Balaban J connectivity index is 1.50. The molecular weight excluding hydrogens is 372 g/mol. The van der Waals surface area contributed by atoms with Gasteiger partial charge in [0.05, 0.1) is 13.1 Å². The molecule has 0 heterocycles. The number of para-hydroxylation sites is 1. The molecule has 4 heteroatoms. The van der Waals surface area contributed by atoms with Crippen molar-refractivity contribution in [1.29, 1.82) is 0 Å². The van der Waals surface area contributed by atoms with Crippen LogP contribution < -0.4 is 15.0 Å². The van der Waals surface area contributed by atoms with Crippen LogP contribution in [0.25, 0.3) is 11.1 Å². The molecule has 1 amide bonds. The number of hydrogen-bond donors (Lipinski definition) is 2. The highest BCUT2D eigenvalue weighted by Crippen LogP contribution is 2.29. The van der Waals surface area contributed by atoms with Crippen molar-refractivity contribution >= 4 is 5.91 Å². The standard InChI is InChI=1S/C26H30N2O2/c1-3-28(4-2)19-22-16-14-21(15-17-22)18-27-26(29)20-30-25-13-9-8-12-24(25)23-10-6-5-7-11-23/h5-17H,3-4,18-20H2,1-2H3,(H,27,29)/p+1.